The molecule has 0 fully saturated rings. The second-order valence-electron chi connectivity index (χ2n) is 3.71. The number of ether oxygens (including phenoxy) is 1. The second-order valence-corrected chi connectivity index (χ2v) is 3.71. The molecule has 3 aromatic rings. The van der Waals surface area contributed by atoms with Gasteiger partial charge >= 0.3 is 5.97 Å². The summed E-state index contributed by atoms with van der Waals surface area (Å²) in [5.74, 6) is 0.646. The molecule has 3 aromatic heterocycles. The Kier molecular flexibility index (Phi) is 2.89. The Balaban J connectivity index is 1.63. The first kappa shape index (κ1) is 11.3. The lowest BCUT2D eigenvalue weighted by molar-refractivity contribution is 0.0428. The molecule has 6 nitrogen and oxygen atoms in total. The summed E-state index contributed by atoms with van der Waals surface area (Å²) in [4.78, 5) is 11.5. The highest BCUT2D eigenvalue weighted by Crippen LogP contribution is 2.20. The Hall–Kier alpha value is -2.76. The van der Waals surface area contributed by atoms with Gasteiger partial charge in [0.2, 0.25) is 11.5 Å². The summed E-state index contributed by atoms with van der Waals surface area (Å²) in [7, 11) is 0. The molecule has 0 atom stereocenters. The molecular weight excluding hydrogens is 250 g/mol. The van der Waals surface area contributed by atoms with Gasteiger partial charge in [0.15, 0.2) is 5.76 Å². The number of carbonyl (C=O) groups is 1. The van der Waals surface area contributed by atoms with Crippen molar-refractivity contribution in [2.45, 2.75) is 6.61 Å². The molecule has 0 saturated carbocycles. The molecule has 3 rings (SSSR count). The Bertz CT molecular complexity index is 651. The van der Waals surface area contributed by atoms with E-state index in [1.165, 1.54) is 18.6 Å². The van der Waals surface area contributed by atoms with Gasteiger partial charge < -0.3 is 18.1 Å². The fourth-order valence-electron chi connectivity index (χ4n) is 1.52. The van der Waals surface area contributed by atoms with E-state index >= 15 is 0 Å². The van der Waals surface area contributed by atoms with Crippen molar-refractivity contribution in [3.8, 4) is 11.5 Å². The van der Waals surface area contributed by atoms with Gasteiger partial charge in [0.25, 0.3) is 0 Å². The van der Waals surface area contributed by atoms with Crippen LogP contribution < -0.4 is 0 Å². The molecule has 0 bridgehead atoms. The maximum atomic E-state index is 11.5. The van der Waals surface area contributed by atoms with E-state index in [4.69, 9.17) is 18.1 Å². The minimum absolute atomic E-state index is 0.00371. The fourth-order valence-corrected chi connectivity index (χ4v) is 1.52. The maximum Gasteiger partial charge on any atom is 0.374 e. The molecule has 0 unspecified atom stereocenters. The van der Waals surface area contributed by atoms with Crippen molar-refractivity contribution < 1.29 is 22.9 Å². The van der Waals surface area contributed by atoms with Crippen LogP contribution in [0.5, 0.6) is 0 Å². The van der Waals surface area contributed by atoms with Crippen molar-refractivity contribution in [1.82, 2.24) is 5.16 Å². The van der Waals surface area contributed by atoms with E-state index in [-0.39, 0.29) is 12.4 Å². The summed E-state index contributed by atoms with van der Waals surface area (Å²) >= 11 is 0. The topological polar surface area (TPSA) is 78.6 Å². The SMILES string of the molecule is O=C(OCc1cc(-c2ccco2)on1)c1ccco1. The van der Waals surface area contributed by atoms with Crippen molar-refractivity contribution in [3.05, 3.63) is 54.3 Å². The lowest BCUT2D eigenvalue weighted by atomic mass is 10.3. The molecule has 0 aromatic carbocycles. The van der Waals surface area contributed by atoms with E-state index in [2.05, 4.69) is 5.16 Å². The molecule has 0 N–H and O–H groups in total. The average Bonchev–Trinajstić information content (AvgIpc) is 3.14. The van der Waals surface area contributed by atoms with Gasteiger partial charge in [-0.05, 0) is 24.3 Å². The van der Waals surface area contributed by atoms with Crippen molar-refractivity contribution in [3.63, 3.8) is 0 Å². The van der Waals surface area contributed by atoms with Crippen LogP contribution in [0.2, 0.25) is 0 Å². The lowest BCUT2D eigenvalue weighted by Crippen LogP contribution is -2.03. The first-order chi connectivity index (χ1) is 9.33. The summed E-state index contributed by atoms with van der Waals surface area (Å²) in [5.41, 5.74) is 0.492. The van der Waals surface area contributed by atoms with Crippen molar-refractivity contribution in [2.24, 2.45) is 0 Å². The number of nitrogens with zero attached hydrogens (tertiary/aromatic N) is 1. The average molecular weight is 259 g/mol. The largest absolute Gasteiger partial charge is 0.461 e. The molecule has 0 amide bonds. The molecular formula is C13H9NO5. The van der Waals surface area contributed by atoms with Crippen LogP contribution in [0.3, 0.4) is 0 Å². The third-order valence-electron chi connectivity index (χ3n) is 2.40. The molecule has 19 heavy (non-hydrogen) atoms. The zero-order valence-electron chi connectivity index (χ0n) is 9.74. The highest BCUT2D eigenvalue weighted by atomic mass is 16.5. The van der Waals surface area contributed by atoms with Crippen LogP contribution in [0.15, 0.2) is 56.2 Å². The van der Waals surface area contributed by atoms with Crippen LogP contribution >= 0.6 is 0 Å². The number of furan rings is 2. The van der Waals surface area contributed by atoms with E-state index < -0.39 is 5.97 Å². The van der Waals surface area contributed by atoms with Gasteiger partial charge in [0.05, 0.1) is 12.5 Å². The van der Waals surface area contributed by atoms with Crippen molar-refractivity contribution in [1.29, 1.82) is 0 Å². The van der Waals surface area contributed by atoms with Crippen LogP contribution in [-0.4, -0.2) is 11.1 Å². The van der Waals surface area contributed by atoms with E-state index in [0.717, 1.165) is 0 Å². The third kappa shape index (κ3) is 2.42. The molecule has 0 spiro atoms. The summed E-state index contributed by atoms with van der Waals surface area (Å²) in [6.45, 7) is 0.00371. The van der Waals surface area contributed by atoms with Gasteiger partial charge in [0.1, 0.15) is 12.3 Å². The summed E-state index contributed by atoms with van der Waals surface area (Å²) < 4.78 is 20.2. The minimum atomic E-state index is -0.549. The molecule has 6 heteroatoms. The first-order valence-corrected chi connectivity index (χ1v) is 5.53. The molecule has 0 aliphatic heterocycles. The summed E-state index contributed by atoms with van der Waals surface area (Å²) in [6.07, 6.45) is 2.94. The number of hydrogen-bond donors (Lipinski definition) is 0. The Labute approximate surface area is 107 Å². The molecule has 96 valence electrons. The lowest BCUT2D eigenvalue weighted by Gasteiger charge is -1.98. The molecule has 0 aliphatic rings. The van der Waals surface area contributed by atoms with Crippen molar-refractivity contribution in [2.75, 3.05) is 0 Å². The first-order valence-electron chi connectivity index (χ1n) is 5.53. The van der Waals surface area contributed by atoms with Crippen LogP contribution in [-0.2, 0) is 11.3 Å². The standard InChI is InChI=1S/C13H9NO5/c15-13(11-4-2-6-17-11)18-8-9-7-12(19-14-9)10-3-1-5-16-10/h1-7H,8H2. The van der Waals surface area contributed by atoms with E-state index in [1.807, 2.05) is 0 Å². The monoisotopic (exact) mass is 259 g/mol. The van der Waals surface area contributed by atoms with E-state index in [0.29, 0.717) is 17.2 Å². The van der Waals surface area contributed by atoms with Gasteiger partial charge in [-0.2, -0.15) is 0 Å². The zero-order valence-corrected chi connectivity index (χ0v) is 9.74. The number of esters is 1. The van der Waals surface area contributed by atoms with Gasteiger partial charge in [-0.15, -0.1) is 0 Å². The molecule has 0 saturated heterocycles. The predicted octanol–water partition coefficient (Wildman–Crippen LogP) is 2.88. The molecule has 0 aliphatic carbocycles. The van der Waals surface area contributed by atoms with Gasteiger partial charge in [-0.1, -0.05) is 5.16 Å². The van der Waals surface area contributed by atoms with Crippen LogP contribution in [0, 0.1) is 0 Å². The zero-order chi connectivity index (χ0) is 13.1. The number of hydrogen-bond acceptors (Lipinski definition) is 6. The van der Waals surface area contributed by atoms with Gasteiger partial charge in [-0.25, -0.2) is 4.79 Å². The number of rotatable bonds is 4. The summed E-state index contributed by atoms with van der Waals surface area (Å²) in [5, 5.41) is 3.78. The minimum Gasteiger partial charge on any atom is -0.461 e. The Morgan fingerprint density at radius 1 is 1.16 bits per heavy atom. The van der Waals surface area contributed by atoms with E-state index in [1.54, 1.807) is 24.3 Å². The predicted molar refractivity (Wildman–Crippen MR) is 62.0 cm³/mol. The van der Waals surface area contributed by atoms with Crippen LogP contribution in [0.1, 0.15) is 16.2 Å². The molecule has 3 heterocycles. The third-order valence-corrected chi connectivity index (χ3v) is 2.40. The highest BCUT2D eigenvalue weighted by molar-refractivity contribution is 5.86. The Morgan fingerprint density at radius 3 is 2.74 bits per heavy atom. The van der Waals surface area contributed by atoms with Crippen molar-refractivity contribution >= 4 is 5.97 Å². The summed E-state index contributed by atoms with van der Waals surface area (Å²) in [6, 6.07) is 8.28. The number of carbonyl (C=O) groups excluding carboxylic acids is 1. The van der Waals surface area contributed by atoms with E-state index in [9.17, 15) is 4.79 Å². The van der Waals surface area contributed by atoms with Gasteiger partial charge in [0, 0.05) is 6.07 Å². The maximum absolute atomic E-state index is 11.5. The molecule has 0 radical (unpaired) electrons. The highest BCUT2D eigenvalue weighted by Gasteiger charge is 2.13. The van der Waals surface area contributed by atoms with Crippen LogP contribution in [0.25, 0.3) is 11.5 Å². The fraction of sp³-hybridized carbons (Fsp3) is 0.0769. The smallest absolute Gasteiger partial charge is 0.374 e. The normalized spacial score (nSPS) is 10.5. The van der Waals surface area contributed by atoms with Crippen LogP contribution in [0.4, 0.5) is 0 Å². The number of aromatic nitrogens is 1. The quantitative estimate of drug-likeness (QED) is 0.670. The second kappa shape index (κ2) is 4.85. The van der Waals surface area contributed by atoms with Gasteiger partial charge in [-0.3, -0.25) is 0 Å². The Morgan fingerprint density at radius 2 is 2.00 bits per heavy atom.